The molecule has 2 heterocycles. The van der Waals surface area contributed by atoms with Crippen molar-refractivity contribution in [2.45, 2.75) is 39.2 Å². The van der Waals surface area contributed by atoms with Crippen molar-refractivity contribution in [2.24, 2.45) is 0 Å². The molecule has 18 heavy (non-hydrogen) atoms. The summed E-state index contributed by atoms with van der Waals surface area (Å²) < 4.78 is 0. The van der Waals surface area contributed by atoms with Crippen molar-refractivity contribution in [3.05, 3.63) is 37.5 Å². The first kappa shape index (κ1) is 12.3. The van der Waals surface area contributed by atoms with Gasteiger partial charge in [-0.25, -0.2) is 4.98 Å². The molecule has 0 aliphatic heterocycles. The molecule has 4 heteroatoms. The predicted octanol–water partition coefficient (Wildman–Crippen LogP) is 3.70. The van der Waals surface area contributed by atoms with Crippen molar-refractivity contribution in [1.29, 1.82) is 0 Å². The number of thiophene rings is 1. The van der Waals surface area contributed by atoms with Gasteiger partial charge in [0.2, 0.25) is 0 Å². The monoisotopic (exact) mass is 278 g/mol. The van der Waals surface area contributed by atoms with Gasteiger partial charge in [0.15, 0.2) is 0 Å². The number of rotatable bonds is 4. The van der Waals surface area contributed by atoms with Crippen LogP contribution in [-0.4, -0.2) is 11.5 Å². The summed E-state index contributed by atoms with van der Waals surface area (Å²) in [6.45, 7) is 5.33. The van der Waals surface area contributed by atoms with Crippen molar-refractivity contribution >= 4 is 22.7 Å². The summed E-state index contributed by atoms with van der Waals surface area (Å²) in [6.07, 6.45) is 3.70. The summed E-state index contributed by atoms with van der Waals surface area (Å²) in [7, 11) is 0. The van der Waals surface area contributed by atoms with Crippen LogP contribution in [0, 0.1) is 6.92 Å². The van der Waals surface area contributed by atoms with E-state index >= 15 is 0 Å². The molecule has 1 unspecified atom stereocenters. The third-order valence-corrected chi connectivity index (χ3v) is 5.74. The average molecular weight is 278 g/mol. The molecule has 0 fully saturated rings. The van der Waals surface area contributed by atoms with Crippen molar-refractivity contribution in [1.82, 2.24) is 10.3 Å². The fourth-order valence-corrected chi connectivity index (χ4v) is 4.83. The van der Waals surface area contributed by atoms with Crippen molar-refractivity contribution in [3.63, 3.8) is 0 Å². The Balaban J connectivity index is 1.96. The molecule has 1 atom stereocenters. The fraction of sp³-hybridized carbons (Fsp3) is 0.500. The molecule has 1 N–H and O–H groups in total. The van der Waals surface area contributed by atoms with Gasteiger partial charge >= 0.3 is 0 Å². The number of nitrogens with zero attached hydrogens (tertiary/aromatic N) is 1. The highest BCUT2D eigenvalue weighted by atomic mass is 32.1. The quantitative estimate of drug-likeness (QED) is 0.922. The van der Waals surface area contributed by atoms with E-state index in [4.69, 9.17) is 4.98 Å². The number of hydrogen-bond donors (Lipinski definition) is 1. The predicted molar refractivity (Wildman–Crippen MR) is 78.7 cm³/mol. The minimum absolute atomic E-state index is 0.297. The molecule has 1 aliphatic carbocycles. The van der Waals surface area contributed by atoms with Crippen LogP contribution < -0.4 is 5.32 Å². The average Bonchev–Trinajstić information content (AvgIpc) is 3.00. The van der Waals surface area contributed by atoms with Gasteiger partial charge in [-0.1, -0.05) is 6.92 Å². The van der Waals surface area contributed by atoms with Crippen LogP contribution >= 0.6 is 22.7 Å². The molecule has 2 aromatic rings. The first-order valence-electron chi connectivity index (χ1n) is 6.55. The van der Waals surface area contributed by atoms with Gasteiger partial charge in [-0.05, 0) is 49.7 Å². The van der Waals surface area contributed by atoms with Gasteiger partial charge < -0.3 is 5.32 Å². The Morgan fingerprint density at radius 1 is 1.44 bits per heavy atom. The molecular weight excluding hydrogens is 260 g/mol. The minimum Gasteiger partial charge on any atom is -0.304 e. The topological polar surface area (TPSA) is 24.9 Å². The molecule has 0 bridgehead atoms. The molecule has 0 radical (unpaired) electrons. The van der Waals surface area contributed by atoms with Gasteiger partial charge in [0, 0.05) is 9.75 Å². The summed E-state index contributed by atoms with van der Waals surface area (Å²) in [6, 6.07) is 2.50. The van der Waals surface area contributed by atoms with E-state index in [2.05, 4.69) is 30.6 Å². The van der Waals surface area contributed by atoms with E-state index < -0.39 is 0 Å². The van der Waals surface area contributed by atoms with Crippen molar-refractivity contribution in [2.75, 3.05) is 6.54 Å². The summed E-state index contributed by atoms with van der Waals surface area (Å²) in [5.41, 5.74) is 2.73. The molecule has 2 nitrogen and oxygen atoms in total. The lowest BCUT2D eigenvalue weighted by Gasteiger charge is -2.15. The maximum absolute atomic E-state index is 4.87. The first-order chi connectivity index (χ1) is 8.79. The van der Waals surface area contributed by atoms with E-state index in [1.165, 1.54) is 45.3 Å². The summed E-state index contributed by atoms with van der Waals surface area (Å²) in [5.74, 6) is 0. The van der Waals surface area contributed by atoms with E-state index in [-0.39, 0.29) is 0 Å². The number of aromatic nitrogens is 1. The number of hydrogen-bond acceptors (Lipinski definition) is 4. The Kier molecular flexibility index (Phi) is 3.50. The summed E-state index contributed by atoms with van der Waals surface area (Å²) in [4.78, 5) is 7.81. The van der Waals surface area contributed by atoms with Gasteiger partial charge in [-0.15, -0.1) is 22.7 Å². The standard InChI is InChI=1S/C14H18N2S2/c1-3-15-12(13-9(2)7-8-17-13)14-16-10-5-4-6-11(10)18-14/h7-8,12,15H,3-6H2,1-2H3. The zero-order chi connectivity index (χ0) is 12.5. The Labute approximate surface area is 116 Å². The van der Waals surface area contributed by atoms with Crippen LogP contribution in [0.2, 0.25) is 0 Å². The van der Waals surface area contributed by atoms with E-state index in [1.807, 2.05) is 22.7 Å². The molecule has 0 aromatic carbocycles. The summed E-state index contributed by atoms with van der Waals surface area (Å²) in [5, 5.41) is 7.02. The van der Waals surface area contributed by atoms with Crippen LogP contribution in [0.15, 0.2) is 11.4 Å². The number of fused-ring (bicyclic) bond motifs is 1. The highest BCUT2D eigenvalue weighted by Crippen LogP contribution is 2.35. The molecule has 1 aliphatic rings. The van der Waals surface area contributed by atoms with Gasteiger partial charge in [-0.2, -0.15) is 0 Å². The third kappa shape index (κ3) is 2.13. The zero-order valence-electron chi connectivity index (χ0n) is 10.8. The molecular formula is C14H18N2S2. The SMILES string of the molecule is CCNC(c1nc2c(s1)CCC2)c1sccc1C. The Morgan fingerprint density at radius 3 is 3.00 bits per heavy atom. The van der Waals surface area contributed by atoms with Crippen LogP contribution in [0.3, 0.4) is 0 Å². The van der Waals surface area contributed by atoms with Gasteiger partial charge in [0.05, 0.1) is 11.7 Å². The molecule has 0 saturated heterocycles. The van der Waals surface area contributed by atoms with E-state index in [9.17, 15) is 0 Å². The second-order valence-corrected chi connectivity index (χ2v) is 6.80. The lowest BCUT2D eigenvalue weighted by atomic mass is 10.2. The fourth-order valence-electron chi connectivity index (χ4n) is 2.51. The highest BCUT2D eigenvalue weighted by Gasteiger charge is 2.24. The maximum Gasteiger partial charge on any atom is 0.116 e. The number of aryl methyl sites for hydroxylation is 3. The number of nitrogens with one attached hydrogen (secondary N) is 1. The van der Waals surface area contributed by atoms with Crippen LogP contribution in [-0.2, 0) is 12.8 Å². The third-order valence-electron chi connectivity index (χ3n) is 3.43. The molecule has 0 spiro atoms. The van der Waals surface area contributed by atoms with Crippen molar-refractivity contribution < 1.29 is 0 Å². The van der Waals surface area contributed by atoms with E-state index in [0.717, 1.165) is 6.54 Å². The van der Waals surface area contributed by atoms with E-state index in [0.29, 0.717) is 6.04 Å². The molecule has 3 rings (SSSR count). The molecule has 0 amide bonds. The lowest BCUT2D eigenvalue weighted by molar-refractivity contribution is 0.631. The number of thiazole rings is 1. The Bertz CT molecular complexity index is 520. The largest absolute Gasteiger partial charge is 0.304 e. The minimum atomic E-state index is 0.297. The van der Waals surface area contributed by atoms with Crippen LogP contribution in [0.5, 0.6) is 0 Å². The second kappa shape index (κ2) is 5.11. The Morgan fingerprint density at radius 2 is 2.33 bits per heavy atom. The highest BCUT2D eigenvalue weighted by molar-refractivity contribution is 7.12. The van der Waals surface area contributed by atoms with Crippen LogP contribution in [0.4, 0.5) is 0 Å². The zero-order valence-corrected chi connectivity index (χ0v) is 12.5. The van der Waals surface area contributed by atoms with Gasteiger partial charge in [0.25, 0.3) is 0 Å². The molecule has 96 valence electrons. The van der Waals surface area contributed by atoms with Crippen molar-refractivity contribution in [3.8, 4) is 0 Å². The first-order valence-corrected chi connectivity index (χ1v) is 8.25. The summed E-state index contributed by atoms with van der Waals surface area (Å²) >= 11 is 3.75. The van der Waals surface area contributed by atoms with Crippen LogP contribution in [0.1, 0.15) is 45.4 Å². The van der Waals surface area contributed by atoms with E-state index in [1.54, 1.807) is 0 Å². The Hall–Kier alpha value is -0.710. The smallest absolute Gasteiger partial charge is 0.116 e. The molecule has 0 saturated carbocycles. The van der Waals surface area contributed by atoms with Crippen LogP contribution in [0.25, 0.3) is 0 Å². The van der Waals surface area contributed by atoms with Gasteiger partial charge in [-0.3, -0.25) is 0 Å². The maximum atomic E-state index is 4.87. The molecule has 2 aromatic heterocycles. The normalized spacial score (nSPS) is 15.9. The second-order valence-electron chi connectivity index (χ2n) is 4.73. The van der Waals surface area contributed by atoms with Gasteiger partial charge in [0.1, 0.15) is 5.01 Å². The lowest BCUT2D eigenvalue weighted by Crippen LogP contribution is -2.21.